The number of amides is 1. The van der Waals surface area contributed by atoms with Crippen LogP contribution < -0.4 is 14.8 Å². The van der Waals surface area contributed by atoms with Gasteiger partial charge in [0, 0.05) is 6.54 Å². The molecule has 0 aliphatic heterocycles. The van der Waals surface area contributed by atoms with Crippen LogP contribution in [-0.2, 0) is 4.79 Å². The zero-order chi connectivity index (χ0) is 16.2. The van der Waals surface area contributed by atoms with Crippen LogP contribution in [0.25, 0.3) is 0 Å². The summed E-state index contributed by atoms with van der Waals surface area (Å²) >= 11 is 0. The van der Waals surface area contributed by atoms with Gasteiger partial charge in [-0.3, -0.25) is 4.79 Å². The molecule has 4 heteroatoms. The fraction of sp³-hybridized carbons (Fsp3) is 0.278. The first-order valence-electron chi connectivity index (χ1n) is 7.14. The van der Waals surface area contributed by atoms with Crippen molar-refractivity contribution in [2.45, 2.75) is 13.3 Å². The van der Waals surface area contributed by atoms with Crippen molar-refractivity contribution in [3.8, 4) is 11.5 Å². The smallest absolute Gasteiger partial charge is 0.223 e. The van der Waals surface area contributed by atoms with E-state index in [1.165, 1.54) is 0 Å². The molecule has 0 unspecified atom stereocenters. The maximum Gasteiger partial charge on any atom is 0.223 e. The molecule has 0 aromatic heterocycles. The number of ether oxygens (including phenoxy) is 2. The van der Waals surface area contributed by atoms with Crippen LogP contribution in [0.1, 0.15) is 13.3 Å². The van der Waals surface area contributed by atoms with Gasteiger partial charge in [-0.2, -0.15) is 0 Å². The molecule has 22 heavy (non-hydrogen) atoms. The summed E-state index contributed by atoms with van der Waals surface area (Å²) in [4.78, 5) is 11.7. The van der Waals surface area contributed by atoms with E-state index in [0.717, 1.165) is 17.1 Å². The van der Waals surface area contributed by atoms with E-state index in [0.29, 0.717) is 19.6 Å². The molecule has 1 rings (SSSR count). The third-order valence-electron chi connectivity index (χ3n) is 2.85. The Labute approximate surface area is 132 Å². The normalized spacial score (nSPS) is 11.3. The van der Waals surface area contributed by atoms with Gasteiger partial charge in [0.05, 0.1) is 20.1 Å². The second kappa shape index (κ2) is 10.3. The molecule has 0 saturated carbocycles. The predicted molar refractivity (Wildman–Crippen MR) is 89.2 cm³/mol. The number of carbonyl (C=O) groups excluding carboxylic acids is 1. The van der Waals surface area contributed by atoms with Crippen molar-refractivity contribution in [3.63, 3.8) is 0 Å². The van der Waals surface area contributed by atoms with Crippen LogP contribution in [0.4, 0.5) is 0 Å². The molecule has 0 heterocycles. The van der Waals surface area contributed by atoms with Crippen LogP contribution in [0.2, 0.25) is 0 Å². The summed E-state index contributed by atoms with van der Waals surface area (Å²) in [5, 5.41) is 2.85. The van der Waals surface area contributed by atoms with Gasteiger partial charge >= 0.3 is 0 Å². The van der Waals surface area contributed by atoms with E-state index in [4.69, 9.17) is 9.47 Å². The molecule has 0 spiro atoms. The van der Waals surface area contributed by atoms with Crippen molar-refractivity contribution >= 4 is 5.91 Å². The Morgan fingerprint density at radius 2 is 1.91 bits per heavy atom. The maximum absolute atomic E-state index is 11.7. The molecule has 0 aliphatic rings. The summed E-state index contributed by atoms with van der Waals surface area (Å²) < 4.78 is 10.6. The number of benzene rings is 1. The van der Waals surface area contributed by atoms with Crippen molar-refractivity contribution in [1.29, 1.82) is 0 Å². The summed E-state index contributed by atoms with van der Waals surface area (Å²) in [6.45, 7) is 6.43. The maximum atomic E-state index is 11.7. The fourth-order valence-corrected chi connectivity index (χ4v) is 1.62. The van der Waals surface area contributed by atoms with Crippen molar-refractivity contribution in [2.24, 2.45) is 0 Å². The lowest BCUT2D eigenvalue weighted by atomic mass is 10.2. The average molecular weight is 301 g/mol. The number of allylic oxidation sites excluding steroid dienone is 4. The van der Waals surface area contributed by atoms with Crippen LogP contribution in [0.3, 0.4) is 0 Å². The molecule has 0 bridgehead atoms. The molecule has 1 amide bonds. The number of methoxy groups -OCH3 is 1. The predicted octanol–water partition coefficient (Wildman–Crippen LogP) is 3.27. The Hall–Kier alpha value is -2.49. The minimum Gasteiger partial charge on any atom is -0.497 e. The quantitative estimate of drug-likeness (QED) is 0.712. The summed E-state index contributed by atoms with van der Waals surface area (Å²) in [7, 11) is 1.61. The second-order valence-corrected chi connectivity index (χ2v) is 4.68. The molecular weight excluding hydrogens is 278 g/mol. The van der Waals surface area contributed by atoms with Gasteiger partial charge in [-0.05, 0) is 31.2 Å². The first kappa shape index (κ1) is 17.6. The van der Waals surface area contributed by atoms with E-state index in [2.05, 4.69) is 11.9 Å². The molecule has 0 aliphatic carbocycles. The summed E-state index contributed by atoms with van der Waals surface area (Å²) in [5.74, 6) is 1.46. The number of hydrogen-bond acceptors (Lipinski definition) is 3. The van der Waals surface area contributed by atoms with Gasteiger partial charge in [0.15, 0.2) is 0 Å². The second-order valence-electron chi connectivity index (χ2n) is 4.68. The first-order valence-corrected chi connectivity index (χ1v) is 7.14. The lowest BCUT2D eigenvalue weighted by molar-refractivity contribution is -0.121. The van der Waals surface area contributed by atoms with Crippen LogP contribution in [0, 0.1) is 0 Å². The van der Waals surface area contributed by atoms with Gasteiger partial charge in [-0.1, -0.05) is 36.5 Å². The topological polar surface area (TPSA) is 47.6 Å². The molecule has 1 aromatic carbocycles. The molecule has 118 valence electrons. The Bertz CT molecular complexity index is 530. The van der Waals surface area contributed by atoms with Crippen LogP contribution in [-0.4, -0.2) is 26.2 Å². The third kappa shape index (κ3) is 7.33. The Morgan fingerprint density at radius 3 is 2.55 bits per heavy atom. The van der Waals surface area contributed by atoms with Crippen molar-refractivity contribution in [3.05, 3.63) is 60.7 Å². The van der Waals surface area contributed by atoms with E-state index in [-0.39, 0.29) is 5.91 Å². The molecule has 0 radical (unpaired) electrons. The van der Waals surface area contributed by atoms with E-state index in [9.17, 15) is 4.79 Å². The van der Waals surface area contributed by atoms with Gasteiger partial charge in [0.25, 0.3) is 0 Å². The van der Waals surface area contributed by atoms with Crippen LogP contribution >= 0.6 is 0 Å². The lowest BCUT2D eigenvalue weighted by Crippen LogP contribution is -2.26. The molecular formula is C18H23NO3. The summed E-state index contributed by atoms with van der Waals surface area (Å²) in [6.07, 6.45) is 7.70. The standard InChI is InChI=1S/C18H23NO3/c1-4-5-6-7-15(2)14-19-18(20)12-13-22-17-10-8-16(21-3)9-11-17/h4-11H,1,12-14H2,2-3H3,(H,19,20)/b6-5-,15-7+. The minimum atomic E-state index is -0.0334. The van der Waals surface area contributed by atoms with Gasteiger partial charge in [0.1, 0.15) is 11.5 Å². The fourth-order valence-electron chi connectivity index (χ4n) is 1.62. The monoisotopic (exact) mass is 301 g/mol. The van der Waals surface area contributed by atoms with Crippen molar-refractivity contribution in [1.82, 2.24) is 5.32 Å². The SMILES string of the molecule is C=C/C=C\C=C(/C)CNC(=O)CCOc1ccc(OC)cc1. The van der Waals surface area contributed by atoms with Gasteiger partial charge < -0.3 is 14.8 Å². The number of nitrogens with one attached hydrogen (secondary N) is 1. The Morgan fingerprint density at radius 1 is 1.23 bits per heavy atom. The van der Waals surface area contributed by atoms with E-state index in [1.54, 1.807) is 13.2 Å². The van der Waals surface area contributed by atoms with E-state index < -0.39 is 0 Å². The minimum absolute atomic E-state index is 0.0334. The zero-order valence-electron chi connectivity index (χ0n) is 13.2. The lowest BCUT2D eigenvalue weighted by Gasteiger charge is -2.08. The molecule has 1 N–H and O–H groups in total. The Balaban J connectivity index is 2.23. The zero-order valence-corrected chi connectivity index (χ0v) is 13.2. The highest BCUT2D eigenvalue weighted by Crippen LogP contribution is 2.16. The first-order chi connectivity index (χ1) is 10.7. The summed E-state index contributed by atoms with van der Waals surface area (Å²) in [5.41, 5.74) is 1.07. The highest BCUT2D eigenvalue weighted by molar-refractivity contribution is 5.76. The Kier molecular flexibility index (Phi) is 8.20. The van der Waals surface area contributed by atoms with Crippen LogP contribution in [0.15, 0.2) is 60.7 Å². The third-order valence-corrected chi connectivity index (χ3v) is 2.85. The number of rotatable bonds is 9. The molecule has 0 fully saturated rings. The largest absolute Gasteiger partial charge is 0.497 e. The average Bonchev–Trinajstić information content (AvgIpc) is 2.54. The van der Waals surface area contributed by atoms with Gasteiger partial charge in [-0.25, -0.2) is 0 Å². The van der Waals surface area contributed by atoms with E-state index >= 15 is 0 Å². The molecule has 4 nitrogen and oxygen atoms in total. The van der Waals surface area contributed by atoms with Gasteiger partial charge in [0.2, 0.25) is 5.91 Å². The van der Waals surface area contributed by atoms with Gasteiger partial charge in [-0.15, -0.1) is 0 Å². The van der Waals surface area contributed by atoms with Crippen LogP contribution in [0.5, 0.6) is 11.5 Å². The molecule has 0 atom stereocenters. The number of carbonyl (C=O) groups is 1. The van der Waals surface area contributed by atoms with Crippen molar-refractivity contribution in [2.75, 3.05) is 20.3 Å². The molecule has 0 saturated heterocycles. The highest BCUT2D eigenvalue weighted by atomic mass is 16.5. The van der Waals surface area contributed by atoms with Crippen molar-refractivity contribution < 1.29 is 14.3 Å². The number of hydrogen-bond donors (Lipinski definition) is 1. The van der Waals surface area contributed by atoms with E-state index in [1.807, 2.05) is 49.4 Å². The summed E-state index contributed by atoms with van der Waals surface area (Å²) in [6, 6.07) is 7.27. The molecule has 1 aromatic rings. The highest BCUT2D eigenvalue weighted by Gasteiger charge is 2.02.